The lowest BCUT2D eigenvalue weighted by molar-refractivity contribution is 0.103. The van der Waals surface area contributed by atoms with Gasteiger partial charge in [-0.2, -0.15) is 4.72 Å². The molecule has 0 spiro atoms. The number of rotatable bonds is 8. The Labute approximate surface area is 215 Å². The summed E-state index contributed by atoms with van der Waals surface area (Å²) in [6, 6.07) is 18.7. The van der Waals surface area contributed by atoms with Gasteiger partial charge in [0.15, 0.2) is 5.28 Å². The minimum atomic E-state index is -4.55. The number of sulfone groups is 1. The molecule has 0 aromatic heterocycles. The molecule has 1 N–H and O–H groups in total. The van der Waals surface area contributed by atoms with Crippen molar-refractivity contribution in [2.75, 3.05) is 14.2 Å². The molecule has 194 valence electrons. The molecule has 0 amide bonds. The Morgan fingerprint density at radius 1 is 0.784 bits per heavy atom. The number of aryl methyl sites for hydroxylation is 1. The van der Waals surface area contributed by atoms with Crippen LogP contribution in [0.25, 0.3) is 0 Å². The highest BCUT2D eigenvalue weighted by Gasteiger charge is 2.57. The van der Waals surface area contributed by atoms with Crippen LogP contribution in [0.4, 0.5) is 0 Å². The van der Waals surface area contributed by atoms with Crippen molar-refractivity contribution in [2.24, 2.45) is 0 Å². The number of allylic oxidation sites excluding steroid dienone is 1. The van der Waals surface area contributed by atoms with Gasteiger partial charge in [0.2, 0.25) is 25.6 Å². The molecule has 37 heavy (non-hydrogen) atoms. The molecule has 4 rings (SSSR count). The van der Waals surface area contributed by atoms with Crippen LogP contribution < -0.4 is 4.72 Å². The first-order valence-electron chi connectivity index (χ1n) is 10.9. The lowest BCUT2D eigenvalue weighted by atomic mass is 9.92. The molecule has 9 nitrogen and oxygen atoms in total. The van der Waals surface area contributed by atoms with Gasteiger partial charge in [0.05, 0.1) is 9.79 Å². The Hall–Kier alpha value is -2.92. The Morgan fingerprint density at radius 2 is 1.35 bits per heavy atom. The number of Topliss-reactive ketones (excluding diaryl/α,β-unsaturated/α-hetero) is 1. The van der Waals surface area contributed by atoms with E-state index in [4.69, 9.17) is 9.05 Å². The van der Waals surface area contributed by atoms with Crippen LogP contribution in [0.2, 0.25) is 0 Å². The largest absolute Gasteiger partial charge is 0.359 e. The van der Waals surface area contributed by atoms with Crippen molar-refractivity contribution in [2.45, 2.75) is 22.0 Å². The lowest BCUT2D eigenvalue weighted by Gasteiger charge is -2.39. The molecule has 1 aliphatic carbocycles. The summed E-state index contributed by atoms with van der Waals surface area (Å²) in [6.45, 7) is 1.78. The molecule has 3 aromatic carbocycles. The number of nitrogens with one attached hydrogen (secondary N) is 1. The average molecular weight is 562 g/mol. The van der Waals surface area contributed by atoms with E-state index >= 15 is 0 Å². The van der Waals surface area contributed by atoms with Gasteiger partial charge in [-0.05, 0) is 37.3 Å². The number of carbonyl (C=O) groups excluding carboxylic acids is 1. The number of hydrogen-bond acceptors (Lipinski definition) is 8. The Balaban J connectivity index is 2.08. The molecule has 12 heteroatoms. The number of carbonyl (C=O) groups is 1. The fourth-order valence-electron chi connectivity index (χ4n) is 4.12. The van der Waals surface area contributed by atoms with Crippen molar-refractivity contribution >= 4 is 33.2 Å². The SMILES string of the molecule is COP(=O)(OC)C1(NS(=O)(=O)c2ccc(C)cc2)C=C(S(=O)(=O)c2ccccc2)C(=O)c2ccccc21. The highest BCUT2D eigenvalue weighted by Crippen LogP contribution is 2.66. The molecule has 1 aliphatic rings. The first kappa shape index (κ1) is 27.1. The van der Waals surface area contributed by atoms with Gasteiger partial charge < -0.3 is 9.05 Å². The molecule has 0 heterocycles. The van der Waals surface area contributed by atoms with Crippen molar-refractivity contribution in [3.63, 3.8) is 0 Å². The molecular formula is C25H24NO8PS2. The van der Waals surface area contributed by atoms with E-state index in [0.717, 1.165) is 25.9 Å². The van der Waals surface area contributed by atoms with Gasteiger partial charge >= 0.3 is 7.60 Å². The quantitative estimate of drug-likeness (QED) is 0.406. The monoisotopic (exact) mass is 561 g/mol. The van der Waals surface area contributed by atoms with E-state index in [1.54, 1.807) is 25.1 Å². The summed E-state index contributed by atoms with van der Waals surface area (Å²) in [4.78, 5) is 12.4. The van der Waals surface area contributed by atoms with E-state index in [9.17, 15) is 26.2 Å². The zero-order chi connectivity index (χ0) is 27.1. The molecule has 1 unspecified atom stereocenters. The summed E-state index contributed by atoms with van der Waals surface area (Å²) < 4.78 is 81.5. The highest BCUT2D eigenvalue weighted by molar-refractivity contribution is 7.96. The third-order valence-corrected chi connectivity index (χ3v) is 11.7. The summed E-state index contributed by atoms with van der Waals surface area (Å²) >= 11 is 0. The summed E-state index contributed by atoms with van der Waals surface area (Å²) in [7, 11) is -11.4. The van der Waals surface area contributed by atoms with Crippen molar-refractivity contribution in [1.29, 1.82) is 0 Å². The van der Waals surface area contributed by atoms with E-state index in [1.165, 1.54) is 60.7 Å². The number of sulfonamides is 1. The van der Waals surface area contributed by atoms with Crippen molar-refractivity contribution in [1.82, 2.24) is 4.72 Å². The number of fused-ring (bicyclic) bond motifs is 1. The van der Waals surface area contributed by atoms with E-state index in [-0.39, 0.29) is 20.9 Å². The fraction of sp³-hybridized carbons (Fsp3) is 0.160. The van der Waals surface area contributed by atoms with Crippen molar-refractivity contribution in [3.8, 4) is 0 Å². The smallest absolute Gasteiger partial charge is 0.310 e. The van der Waals surface area contributed by atoms with E-state index in [1.807, 2.05) is 0 Å². The first-order chi connectivity index (χ1) is 17.4. The third-order valence-electron chi connectivity index (χ3n) is 6.02. The maximum atomic E-state index is 14.1. The van der Waals surface area contributed by atoms with Gasteiger partial charge in [0.25, 0.3) is 0 Å². The van der Waals surface area contributed by atoms with Crippen LogP contribution in [-0.2, 0) is 38.8 Å². The van der Waals surface area contributed by atoms with Crippen molar-refractivity contribution in [3.05, 3.63) is 107 Å². The zero-order valence-electron chi connectivity index (χ0n) is 20.1. The normalized spacial score (nSPS) is 18.2. The van der Waals surface area contributed by atoms with Gasteiger partial charge in [-0.25, -0.2) is 16.8 Å². The van der Waals surface area contributed by atoms with E-state index in [2.05, 4.69) is 4.72 Å². The van der Waals surface area contributed by atoms with Crippen LogP contribution in [0.15, 0.2) is 99.6 Å². The molecule has 0 fully saturated rings. The van der Waals surface area contributed by atoms with Crippen LogP contribution in [-0.4, -0.2) is 36.8 Å². The van der Waals surface area contributed by atoms with Gasteiger partial charge in [-0.15, -0.1) is 0 Å². The topological polar surface area (TPSA) is 133 Å². The van der Waals surface area contributed by atoms with Gasteiger partial charge in [0.1, 0.15) is 4.91 Å². The van der Waals surface area contributed by atoms with Gasteiger partial charge in [0, 0.05) is 25.3 Å². The maximum absolute atomic E-state index is 14.1. The molecular weight excluding hydrogens is 537 g/mol. The molecule has 0 radical (unpaired) electrons. The van der Waals surface area contributed by atoms with Crippen LogP contribution in [0, 0.1) is 6.92 Å². The lowest BCUT2D eigenvalue weighted by Crippen LogP contribution is -2.48. The maximum Gasteiger partial charge on any atom is 0.359 e. The van der Waals surface area contributed by atoms with Crippen molar-refractivity contribution < 1.29 is 35.2 Å². The standard InChI is InChI=1S/C25H24NO8PS2/c1-18-13-15-20(16-14-18)37(31,32)26-25(35(28,33-2)34-3)17-23(24(27)21-11-7-8-12-22(21)25)36(29,30)19-9-5-4-6-10-19/h4-17,26H,1-3H3. The van der Waals surface area contributed by atoms with Crippen LogP contribution in [0.1, 0.15) is 21.5 Å². The summed E-state index contributed by atoms with van der Waals surface area (Å²) in [5.74, 6) is -0.886. The second kappa shape index (κ2) is 9.75. The number of benzene rings is 3. The Kier molecular flexibility index (Phi) is 7.15. The molecule has 0 aliphatic heterocycles. The van der Waals surface area contributed by atoms with E-state index in [0.29, 0.717) is 0 Å². The second-order valence-corrected chi connectivity index (χ2v) is 14.3. The summed E-state index contributed by atoms with van der Waals surface area (Å²) in [5, 5.41) is -2.40. The molecule has 3 aromatic rings. The minimum Gasteiger partial charge on any atom is -0.310 e. The zero-order valence-corrected chi connectivity index (χ0v) is 22.6. The molecule has 1 atom stereocenters. The predicted molar refractivity (Wildman–Crippen MR) is 137 cm³/mol. The summed E-state index contributed by atoms with van der Waals surface area (Å²) in [6.07, 6.45) is 0.833. The number of ketones is 1. The Morgan fingerprint density at radius 3 is 1.95 bits per heavy atom. The van der Waals surface area contributed by atoms with E-state index < -0.39 is 43.4 Å². The van der Waals surface area contributed by atoms with Crippen LogP contribution in [0.5, 0.6) is 0 Å². The second-order valence-electron chi connectivity index (χ2n) is 8.25. The van der Waals surface area contributed by atoms with Crippen LogP contribution >= 0.6 is 7.60 Å². The first-order valence-corrected chi connectivity index (χ1v) is 15.4. The molecule has 0 saturated heterocycles. The highest BCUT2D eigenvalue weighted by atomic mass is 32.2. The fourth-order valence-corrected chi connectivity index (χ4v) is 9.16. The molecule has 0 bridgehead atoms. The third kappa shape index (κ3) is 4.52. The Bertz CT molecular complexity index is 1640. The number of hydrogen-bond donors (Lipinski definition) is 1. The molecule has 0 saturated carbocycles. The van der Waals surface area contributed by atoms with Gasteiger partial charge in [-0.1, -0.05) is 60.2 Å². The predicted octanol–water partition coefficient (Wildman–Crippen LogP) is 4.17. The minimum absolute atomic E-state index is 0.0743. The van der Waals surface area contributed by atoms with Gasteiger partial charge in [-0.3, -0.25) is 9.36 Å². The average Bonchev–Trinajstić information content (AvgIpc) is 2.90. The van der Waals surface area contributed by atoms with Crippen LogP contribution in [0.3, 0.4) is 0 Å². The summed E-state index contributed by atoms with van der Waals surface area (Å²) in [5.41, 5.74) is 0.563.